The van der Waals surface area contributed by atoms with Crippen molar-refractivity contribution in [2.45, 2.75) is 26.3 Å². The molecule has 0 aliphatic carbocycles. The normalized spacial score (nSPS) is 12.2. The molecule has 1 heterocycles. The Bertz CT molecular complexity index is 560. The summed E-state index contributed by atoms with van der Waals surface area (Å²) in [5.41, 5.74) is 1.13. The van der Waals surface area contributed by atoms with E-state index in [0.29, 0.717) is 10.8 Å². The Kier molecular flexibility index (Phi) is 5.39. The lowest BCUT2D eigenvalue weighted by Gasteiger charge is -2.17. The van der Waals surface area contributed by atoms with E-state index in [1.54, 1.807) is 18.5 Å². The van der Waals surface area contributed by atoms with Gasteiger partial charge in [-0.3, -0.25) is 4.98 Å². The molecule has 0 saturated heterocycles. The number of pyridine rings is 1. The van der Waals surface area contributed by atoms with Gasteiger partial charge in [0.1, 0.15) is 11.5 Å². The zero-order chi connectivity index (χ0) is 14.4. The van der Waals surface area contributed by atoms with E-state index in [9.17, 15) is 0 Å². The summed E-state index contributed by atoms with van der Waals surface area (Å²) in [6, 6.07) is 10.0. The Balaban J connectivity index is 2.19. The van der Waals surface area contributed by atoms with Crippen LogP contribution in [0.3, 0.4) is 0 Å². The first kappa shape index (κ1) is 14.8. The molecular formula is C16H19ClN2O. The monoisotopic (exact) mass is 290 g/mol. The number of ether oxygens (including phenoxy) is 1. The summed E-state index contributed by atoms with van der Waals surface area (Å²) in [5, 5.41) is 4.03. The van der Waals surface area contributed by atoms with Crippen molar-refractivity contribution in [1.29, 1.82) is 0 Å². The van der Waals surface area contributed by atoms with Gasteiger partial charge in [-0.2, -0.15) is 0 Å². The third kappa shape index (κ3) is 3.95. The third-order valence-corrected chi connectivity index (χ3v) is 3.20. The molecule has 0 amide bonds. The molecule has 1 aromatic heterocycles. The van der Waals surface area contributed by atoms with Crippen molar-refractivity contribution in [3.8, 4) is 11.5 Å². The molecule has 0 fully saturated rings. The minimum absolute atomic E-state index is 0.235. The fourth-order valence-electron chi connectivity index (χ4n) is 1.98. The first-order chi connectivity index (χ1) is 9.70. The van der Waals surface area contributed by atoms with Crippen LogP contribution in [0.2, 0.25) is 5.02 Å². The second-order valence-corrected chi connectivity index (χ2v) is 5.09. The zero-order valence-corrected chi connectivity index (χ0v) is 12.5. The second-order valence-electron chi connectivity index (χ2n) is 4.65. The molecule has 0 bridgehead atoms. The van der Waals surface area contributed by atoms with Crippen molar-refractivity contribution < 1.29 is 4.74 Å². The Morgan fingerprint density at radius 2 is 2.10 bits per heavy atom. The van der Waals surface area contributed by atoms with E-state index in [1.165, 1.54) is 0 Å². The van der Waals surface area contributed by atoms with Crippen molar-refractivity contribution in [2.24, 2.45) is 0 Å². The largest absolute Gasteiger partial charge is 0.455 e. The van der Waals surface area contributed by atoms with Gasteiger partial charge in [0.25, 0.3) is 0 Å². The van der Waals surface area contributed by atoms with E-state index in [-0.39, 0.29) is 6.04 Å². The van der Waals surface area contributed by atoms with Crippen molar-refractivity contribution in [3.63, 3.8) is 0 Å². The van der Waals surface area contributed by atoms with E-state index < -0.39 is 0 Å². The predicted octanol–water partition coefficient (Wildman–Crippen LogP) is 4.59. The molecule has 20 heavy (non-hydrogen) atoms. The fourth-order valence-corrected chi connectivity index (χ4v) is 2.14. The van der Waals surface area contributed by atoms with Crippen molar-refractivity contribution in [3.05, 3.63) is 53.3 Å². The van der Waals surface area contributed by atoms with Crippen LogP contribution in [0.5, 0.6) is 11.5 Å². The SMILES string of the molecule is CCCNC(C)c1ccccc1Oc1cncc(Cl)c1. The van der Waals surface area contributed by atoms with Crippen LogP contribution in [-0.2, 0) is 0 Å². The molecule has 0 spiro atoms. The molecule has 2 rings (SSSR count). The number of rotatable bonds is 6. The van der Waals surface area contributed by atoms with Crippen LogP contribution in [0.1, 0.15) is 31.9 Å². The van der Waals surface area contributed by atoms with Crippen LogP contribution in [0, 0.1) is 0 Å². The fraction of sp³-hybridized carbons (Fsp3) is 0.312. The Morgan fingerprint density at radius 1 is 1.30 bits per heavy atom. The Morgan fingerprint density at radius 3 is 2.85 bits per heavy atom. The summed E-state index contributed by atoms with van der Waals surface area (Å²) < 4.78 is 5.90. The minimum atomic E-state index is 0.235. The molecule has 1 aromatic carbocycles. The number of hydrogen-bond acceptors (Lipinski definition) is 3. The predicted molar refractivity (Wildman–Crippen MR) is 82.5 cm³/mol. The highest BCUT2D eigenvalue weighted by Crippen LogP contribution is 2.30. The van der Waals surface area contributed by atoms with Gasteiger partial charge >= 0.3 is 0 Å². The molecule has 0 radical (unpaired) electrons. The molecule has 1 atom stereocenters. The summed E-state index contributed by atoms with van der Waals surface area (Å²) in [6.45, 7) is 5.27. The van der Waals surface area contributed by atoms with Crippen LogP contribution in [-0.4, -0.2) is 11.5 Å². The van der Waals surface area contributed by atoms with E-state index in [2.05, 4.69) is 30.2 Å². The maximum Gasteiger partial charge on any atom is 0.147 e. The molecule has 1 N–H and O–H groups in total. The molecule has 1 unspecified atom stereocenters. The molecule has 106 valence electrons. The van der Waals surface area contributed by atoms with Gasteiger partial charge in [0.05, 0.1) is 11.2 Å². The minimum Gasteiger partial charge on any atom is -0.455 e. The lowest BCUT2D eigenvalue weighted by atomic mass is 10.1. The Labute approximate surface area is 124 Å². The lowest BCUT2D eigenvalue weighted by molar-refractivity contribution is 0.459. The highest BCUT2D eigenvalue weighted by atomic mass is 35.5. The quantitative estimate of drug-likeness (QED) is 0.845. The van der Waals surface area contributed by atoms with Gasteiger partial charge in [-0.05, 0) is 26.0 Å². The number of aromatic nitrogens is 1. The molecule has 0 aliphatic rings. The van der Waals surface area contributed by atoms with Gasteiger partial charge in [0, 0.05) is 23.9 Å². The van der Waals surface area contributed by atoms with Crippen molar-refractivity contribution in [2.75, 3.05) is 6.54 Å². The first-order valence-corrected chi connectivity index (χ1v) is 7.19. The van der Waals surface area contributed by atoms with Gasteiger partial charge in [-0.1, -0.05) is 36.7 Å². The molecule has 4 heteroatoms. The summed E-state index contributed by atoms with van der Waals surface area (Å²) in [5.74, 6) is 1.47. The van der Waals surface area contributed by atoms with Crippen LogP contribution in [0.25, 0.3) is 0 Å². The van der Waals surface area contributed by atoms with Gasteiger partial charge in [-0.25, -0.2) is 0 Å². The number of halogens is 1. The number of nitrogens with one attached hydrogen (secondary N) is 1. The van der Waals surface area contributed by atoms with Gasteiger partial charge < -0.3 is 10.1 Å². The number of nitrogens with zero attached hydrogens (tertiary/aromatic N) is 1. The highest BCUT2D eigenvalue weighted by molar-refractivity contribution is 6.30. The molecule has 2 aromatic rings. The smallest absolute Gasteiger partial charge is 0.147 e. The molecule has 3 nitrogen and oxygen atoms in total. The zero-order valence-electron chi connectivity index (χ0n) is 11.8. The highest BCUT2D eigenvalue weighted by Gasteiger charge is 2.11. The molecule has 0 saturated carbocycles. The number of hydrogen-bond donors (Lipinski definition) is 1. The third-order valence-electron chi connectivity index (χ3n) is 2.99. The average molecular weight is 291 g/mol. The standard InChI is InChI=1S/C16H19ClN2O/c1-3-8-19-12(2)15-6-4-5-7-16(15)20-14-9-13(17)10-18-11-14/h4-7,9-12,19H,3,8H2,1-2H3. The van der Waals surface area contributed by atoms with E-state index in [4.69, 9.17) is 16.3 Å². The maximum atomic E-state index is 5.93. The van der Waals surface area contributed by atoms with Gasteiger partial charge in [0.2, 0.25) is 0 Å². The van der Waals surface area contributed by atoms with E-state index in [0.717, 1.165) is 24.3 Å². The van der Waals surface area contributed by atoms with Crippen LogP contribution in [0.4, 0.5) is 0 Å². The Hall–Kier alpha value is -1.58. The molecular weight excluding hydrogens is 272 g/mol. The number of benzene rings is 1. The van der Waals surface area contributed by atoms with Crippen LogP contribution < -0.4 is 10.1 Å². The maximum absolute atomic E-state index is 5.93. The number of para-hydroxylation sites is 1. The molecule has 0 aliphatic heterocycles. The summed E-state index contributed by atoms with van der Waals surface area (Å²) >= 11 is 5.93. The van der Waals surface area contributed by atoms with Crippen LogP contribution >= 0.6 is 11.6 Å². The average Bonchev–Trinajstić information content (AvgIpc) is 2.45. The van der Waals surface area contributed by atoms with E-state index >= 15 is 0 Å². The summed E-state index contributed by atoms with van der Waals surface area (Å²) in [4.78, 5) is 4.03. The van der Waals surface area contributed by atoms with Crippen molar-refractivity contribution >= 4 is 11.6 Å². The van der Waals surface area contributed by atoms with Gasteiger partial charge in [0.15, 0.2) is 0 Å². The van der Waals surface area contributed by atoms with E-state index in [1.807, 2.05) is 18.2 Å². The summed E-state index contributed by atoms with van der Waals surface area (Å²) in [6.07, 6.45) is 4.35. The summed E-state index contributed by atoms with van der Waals surface area (Å²) in [7, 11) is 0. The lowest BCUT2D eigenvalue weighted by Crippen LogP contribution is -2.19. The topological polar surface area (TPSA) is 34.1 Å². The first-order valence-electron chi connectivity index (χ1n) is 6.81. The van der Waals surface area contributed by atoms with Gasteiger partial charge in [-0.15, -0.1) is 0 Å². The second kappa shape index (κ2) is 7.27. The van der Waals surface area contributed by atoms with Crippen LogP contribution in [0.15, 0.2) is 42.7 Å². The van der Waals surface area contributed by atoms with Crippen molar-refractivity contribution in [1.82, 2.24) is 10.3 Å².